The van der Waals surface area contributed by atoms with Gasteiger partial charge in [-0.2, -0.15) is 5.10 Å². The maximum absolute atomic E-state index is 11.5. The van der Waals surface area contributed by atoms with Gasteiger partial charge < -0.3 is 10.1 Å². The number of carbonyl (C=O) groups excluding carboxylic acids is 1. The molecule has 0 bridgehead atoms. The van der Waals surface area contributed by atoms with Crippen molar-refractivity contribution in [3.05, 3.63) is 48.2 Å². The van der Waals surface area contributed by atoms with Gasteiger partial charge in [0, 0.05) is 17.7 Å². The molecule has 1 aromatic carbocycles. The van der Waals surface area contributed by atoms with Crippen molar-refractivity contribution in [2.24, 2.45) is 0 Å². The zero-order valence-electron chi connectivity index (χ0n) is 13.8. The van der Waals surface area contributed by atoms with Crippen LogP contribution in [0, 0.1) is 0 Å². The maximum Gasteiger partial charge on any atom is 0.407 e. The molecule has 5 heteroatoms. The van der Waals surface area contributed by atoms with E-state index in [2.05, 4.69) is 15.5 Å². The average Bonchev–Trinajstić information content (AvgIpc) is 2.94. The van der Waals surface area contributed by atoms with Gasteiger partial charge in [-0.05, 0) is 27.2 Å². The number of nitrogens with zero attached hydrogens (tertiary/aromatic N) is 1. The van der Waals surface area contributed by atoms with Gasteiger partial charge in [-0.15, -0.1) is 0 Å². The minimum atomic E-state index is -0.471. The molecule has 0 aliphatic heterocycles. The van der Waals surface area contributed by atoms with Gasteiger partial charge in [0.1, 0.15) is 5.60 Å². The first-order chi connectivity index (χ1) is 11.0. The highest BCUT2D eigenvalue weighted by Gasteiger charge is 2.15. The van der Waals surface area contributed by atoms with Crippen molar-refractivity contribution in [3.8, 4) is 11.3 Å². The summed E-state index contributed by atoms with van der Waals surface area (Å²) in [6.07, 6.45) is 6.13. The lowest BCUT2D eigenvalue weighted by atomic mass is 10.1. The number of aromatic nitrogens is 2. The van der Waals surface area contributed by atoms with Crippen LogP contribution < -0.4 is 5.32 Å². The van der Waals surface area contributed by atoms with Crippen molar-refractivity contribution in [1.29, 1.82) is 0 Å². The Morgan fingerprint density at radius 2 is 2.04 bits per heavy atom. The Kier molecular flexibility index (Phi) is 5.57. The molecule has 23 heavy (non-hydrogen) atoms. The standard InChI is InChI=1S/C18H23N3O2/c1-18(2,3)23-17(22)19-12-8-7-11-15-13-20-21-16(15)14-9-5-4-6-10-14/h4-7,9-11,13H,8,12H2,1-3H3,(H,19,22)(H,20,21). The Labute approximate surface area is 136 Å². The Hall–Kier alpha value is -2.56. The first kappa shape index (κ1) is 16.8. The fourth-order valence-electron chi connectivity index (χ4n) is 2.04. The monoisotopic (exact) mass is 313 g/mol. The zero-order valence-corrected chi connectivity index (χ0v) is 13.8. The second-order valence-electron chi connectivity index (χ2n) is 6.19. The predicted octanol–water partition coefficient (Wildman–Crippen LogP) is 4.00. The number of aromatic amines is 1. The summed E-state index contributed by atoms with van der Waals surface area (Å²) in [5, 5.41) is 9.85. The predicted molar refractivity (Wildman–Crippen MR) is 91.9 cm³/mol. The van der Waals surface area contributed by atoms with Crippen LogP contribution in [0.3, 0.4) is 0 Å². The van der Waals surface area contributed by atoms with Crippen LogP contribution in [0.5, 0.6) is 0 Å². The highest BCUT2D eigenvalue weighted by Crippen LogP contribution is 2.21. The molecule has 0 saturated carbocycles. The molecule has 0 saturated heterocycles. The van der Waals surface area contributed by atoms with E-state index in [4.69, 9.17) is 4.74 Å². The molecule has 1 heterocycles. The van der Waals surface area contributed by atoms with E-state index < -0.39 is 5.60 Å². The molecule has 0 spiro atoms. The van der Waals surface area contributed by atoms with Crippen LogP contribution in [-0.2, 0) is 4.74 Å². The van der Waals surface area contributed by atoms with Crippen molar-refractivity contribution in [2.45, 2.75) is 32.8 Å². The second-order valence-corrected chi connectivity index (χ2v) is 6.19. The number of alkyl carbamates (subject to hydrolysis) is 1. The van der Waals surface area contributed by atoms with Crippen LogP contribution in [0.15, 0.2) is 42.6 Å². The number of ether oxygens (including phenoxy) is 1. The minimum Gasteiger partial charge on any atom is -0.444 e. The van der Waals surface area contributed by atoms with Gasteiger partial charge in [-0.1, -0.05) is 42.5 Å². The molecule has 2 aromatic rings. The zero-order chi connectivity index (χ0) is 16.7. The third-order valence-corrected chi connectivity index (χ3v) is 3.01. The number of hydrogen-bond donors (Lipinski definition) is 2. The van der Waals surface area contributed by atoms with Crippen LogP contribution in [0.25, 0.3) is 17.3 Å². The molecular formula is C18H23N3O2. The van der Waals surface area contributed by atoms with Crippen molar-refractivity contribution < 1.29 is 9.53 Å². The SMILES string of the molecule is CC(C)(C)OC(=O)NCCC=Cc1cn[nH]c1-c1ccccc1. The Morgan fingerprint density at radius 1 is 1.30 bits per heavy atom. The van der Waals surface area contributed by atoms with Crippen LogP contribution in [-0.4, -0.2) is 28.4 Å². The Balaban J connectivity index is 1.84. The first-order valence-electron chi connectivity index (χ1n) is 7.68. The van der Waals surface area contributed by atoms with Crippen molar-refractivity contribution in [1.82, 2.24) is 15.5 Å². The van der Waals surface area contributed by atoms with Crippen molar-refractivity contribution in [2.75, 3.05) is 6.54 Å². The number of nitrogens with one attached hydrogen (secondary N) is 2. The molecule has 2 rings (SSSR count). The quantitative estimate of drug-likeness (QED) is 0.820. The molecule has 0 atom stereocenters. The van der Waals surface area contributed by atoms with Crippen molar-refractivity contribution >= 4 is 12.2 Å². The topological polar surface area (TPSA) is 67.0 Å². The first-order valence-corrected chi connectivity index (χ1v) is 7.68. The molecular weight excluding hydrogens is 290 g/mol. The summed E-state index contributed by atoms with van der Waals surface area (Å²) in [6, 6.07) is 10.0. The van der Waals surface area contributed by atoms with Gasteiger partial charge >= 0.3 is 6.09 Å². The van der Waals surface area contributed by atoms with Gasteiger partial charge in [0.15, 0.2) is 0 Å². The van der Waals surface area contributed by atoms with E-state index in [1.807, 2.05) is 63.3 Å². The summed E-state index contributed by atoms with van der Waals surface area (Å²) in [4.78, 5) is 11.5. The smallest absolute Gasteiger partial charge is 0.407 e. The molecule has 0 fully saturated rings. The minimum absolute atomic E-state index is 0.390. The fraction of sp³-hybridized carbons (Fsp3) is 0.333. The van der Waals surface area contributed by atoms with Crippen molar-refractivity contribution in [3.63, 3.8) is 0 Å². The maximum atomic E-state index is 11.5. The van der Waals surface area contributed by atoms with E-state index in [9.17, 15) is 4.79 Å². The number of carbonyl (C=O) groups is 1. The summed E-state index contributed by atoms with van der Waals surface area (Å²) in [6.45, 7) is 6.06. The molecule has 5 nitrogen and oxygen atoms in total. The highest BCUT2D eigenvalue weighted by atomic mass is 16.6. The fourth-order valence-corrected chi connectivity index (χ4v) is 2.04. The summed E-state index contributed by atoms with van der Waals surface area (Å²) in [5.41, 5.74) is 2.63. The molecule has 0 aliphatic carbocycles. The lowest BCUT2D eigenvalue weighted by Crippen LogP contribution is -2.32. The highest BCUT2D eigenvalue weighted by molar-refractivity contribution is 5.71. The molecule has 1 aromatic heterocycles. The number of amides is 1. The van der Waals surface area contributed by atoms with Gasteiger partial charge in [0.05, 0.1) is 11.9 Å². The van der Waals surface area contributed by atoms with E-state index in [0.29, 0.717) is 6.54 Å². The number of benzene rings is 1. The van der Waals surface area contributed by atoms with Crippen LogP contribution in [0.1, 0.15) is 32.8 Å². The van der Waals surface area contributed by atoms with Crippen LogP contribution in [0.4, 0.5) is 4.79 Å². The molecule has 0 radical (unpaired) electrons. The lowest BCUT2D eigenvalue weighted by Gasteiger charge is -2.19. The summed E-state index contributed by atoms with van der Waals surface area (Å²) in [7, 11) is 0. The number of rotatable bonds is 5. The third-order valence-electron chi connectivity index (χ3n) is 3.01. The van der Waals surface area contributed by atoms with Gasteiger partial charge in [0.25, 0.3) is 0 Å². The van der Waals surface area contributed by atoms with Crippen LogP contribution >= 0.6 is 0 Å². The Bertz CT molecular complexity index is 654. The molecule has 2 N–H and O–H groups in total. The largest absolute Gasteiger partial charge is 0.444 e. The molecule has 0 unspecified atom stereocenters. The number of hydrogen-bond acceptors (Lipinski definition) is 3. The third kappa shape index (κ3) is 5.62. The van der Waals surface area contributed by atoms with E-state index in [-0.39, 0.29) is 6.09 Å². The number of H-pyrrole nitrogens is 1. The van der Waals surface area contributed by atoms with Gasteiger partial charge in [-0.3, -0.25) is 5.10 Å². The lowest BCUT2D eigenvalue weighted by molar-refractivity contribution is 0.0529. The summed E-state index contributed by atoms with van der Waals surface area (Å²) < 4.78 is 5.18. The Morgan fingerprint density at radius 3 is 2.74 bits per heavy atom. The van der Waals surface area contributed by atoms with E-state index >= 15 is 0 Å². The van der Waals surface area contributed by atoms with Gasteiger partial charge in [-0.25, -0.2) is 4.79 Å². The summed E-state index contributed by atoms with van der Waals surface area (Å²) in [5.74, 6) is 0. The molecule has 0 aliphatic rings. The van der Waals surface area contributed by atoms with E-state index in [0.717, 1.165) is 23.2 Å². The van der Waals surface area contributed by atoms with Crippen LogP contribution in [0.2, 0.25) is 0 Å². The average molecular weight is 313 g/mol. The van der Waals surface area contributed by atoms with Gasteiger partial charge in [0.2, 0.25) is 0 Å². The molecule has 122 valence electrons. The van der Waals surface area contributed by atoms with E-state index in [1.165, 1.54) is 0 Å². The normalized spacial score (nSPS) is 11.6. The summed E-state index contributed by atoms with van der Waals surface area (Å²) >= 11 is 0. The molecule has 1 amide bonds. The van der Waals surface area contributed by atoms with E-state index in [1.54, 1.807) is 6.20 Å². The second kappa shape index (κ2) is 7.63.